The molecule has 0 saturated carbocycles. The van der Waals surface area contributed by atoms with Crippen LogP contribution >= 0.6 is 0 Å². The van der Waals surface area contributed by atoms with Crippen LogP contribution in [-0.4, -0.2) is 19.5 Å². The predicted octanol–water partition coefficient (Wildman–Crippen LogP) is 1.41. The van der Waals surface area contributed by atoms with Crippen LogP contribution in [0.5, 0.6) is 0 Å². The monoisotopic (exact) mass is 217 g/mol. The Morgan fingerprint density at radius 3 is 2.75 bits per heavy atom. The van der Waals surface area contributed by atoms with Gasteiger partial charge in [0.25, 0.3) is 0 Å². The van der Waals surface area contributed by atoms with Crippen LogP contribution in [0.25, 0.3) is 11.5 Å². The van der Waals surface area contributed by atoms with E-state index in [4.69, 9.17) is 5.73 Å². The summed E-state index contributed by atoms with van der Waals surface area (Å²) in [6.45, 7) is 2.11. The van der Waals surface area contributed by atoms with E-state index in [1.807, 2.05) is 17.8 Å². The van der Waals surface area contributed by atoms with Crippen LogP contribution in [0.1, 0.15) is 18.9 Å². The van der Waals surface area contributed by atoms with E-state index in [1.165, 1.54) is 6.33 Å². The molecule has 2 aromatic rings. The summed E-state index contributed by atoms with van der Waals surface area (Å²) in [7, 11) is 1.94. The topological polar surface area (TPSA) is 69.6 Å². The smallest absolute Gasteiger partial charge is 0.158 e. The van der Waals surface area contributed by atoms with E-state index in [-0.39, 0.29) is 0 Å². The minimum Gasteiger partial charge on any atom is -0.383 e. The predicted molar refractivity (Wildman–Crippen MR) is 62.6 cm³/mol. The molecule has 2 aromatic heterocycles. The van der Waals surface area contributed by atoms with Crippen molar-refractivity contribution in [3.63, 3.8) is 0 Å². The van der Waals surface area contributed by atoms with Crippen LogP contribution in [0.15, 0.2) is 18.7 Å². The van der Waals surface area contributed by atoms with Gasteiger partial charge in [0.15, 0.2) is 5.82 Å². The number of imidazole rings is 1. The average Bonchev–Trinajstić information content (AvgIpc) is 2.68. The standard InChI is InChI=1S/C11H15N5/c1-3-4-8-9(14-7-15-10(8)12)11-13-5-6-16(11)2/h5-7H,3-4H2,1-2H3,(H2,12,14,15). The summed E-state index contributed by atoms with van der Waals surface area (Å²) in [5.41, 5.74) is 7.70. The number of hydrogen-bond acceptors (Lipinski definition) is 4. The molecule has 16 heavy (non-hydrogen) atoms. The lowest BCUT2D eigenvalue weighted by Gasteiger charge is -2.09. The Hall–Kier alpha value is -1.91. The van der Waals surface area contributed by atoms with E-state index < -0.39 is 0 Å². The van der Waals surface area contributed by atoms with Crippen molar-refractivity contribution in [2.45, 2.75) is 19.8 Å². The Kier molecular flexibility index (Phi) is 2.85. The molecule has 84 valence electrons. The van der Waals surface area contributed by atoms with Gasteiger partial charge in [-0.2, -0.15) is 0 Å². The lowest BCUT2D eigenvalue weighted by molar-refractivity contribution is 0.880. The van der Waals surface area contributed by atoms with Crippen molar-refractivity contribution in [1.82, 2.24) is 19.5 Å². The molecule has 2 N–H and O–H groups in total. The molecule has 0 bridgehead atoms. The lowest BCUT2D eigenvalue weighted by Crippen LogP contribution is -2.05. The van der Waals surface area contributed by atoms with Crippen molar-refractivity contribution >= 4 is 5.82 Å². The van der Waals surface area contributed by atoms with Crippen LogP contribution in [0.3, 0.4) is 0 Å². The number of aryl methyl sites for hydroxylation is 1. The molecule has 0 aliphatic heterocycles. The van der Waals surface area contributed by atoms with Gasteiger partial charge in [0, 0.05) is 25.0 Å². The second kappa shape index (κ2) is 4.30. The quantitative estimate of drug-likeness (QED) is 0.844. The molecular formula is C11H15N5. The molecule has 0 atom stereocenters. The maximum Gasteiger partial charge on any atom is 0.158 e. The lowest BCUT2D eigenvalue weighted by atomic mass is 10.1. The van der Waals surface area contributed by atoms with E-state index in [0.717, 1.165) is 29.9 Å². The third-order valence-electron chi connectivity index (χ3n) is 2.51. The maximum absolute atomic E-state index is 5.88. The van der Waals surface area contributed by atoms with Crippen LogP contribution in [0, 0.1) is 0 Å². The van der Waals surface area contributed by atoms with Crippen molar-refractivity contribution in [2.75, 3.05) is 5.73 Å². The fourth-order valence-corrected chi connectivity index (χ4v) is 1.71. The van der Waals surface area contributed by atoms with Gasteiger partial charge in [-0.3, -0.25) is 0 Å². The van der Waals surface area contributed by atoms with Crippen molar-refractivity contribution < 1.29 is 0 Å². The first-order chi connectivity index (χ1) is 7.74. The summed E-state index contributed by atoms with van der Waals surface area (Å²) in [5, 5.41) is 0. The fourth-order valence-electron chi connectivity index (χ4n) is 1.71. The molecule has 0 unspecified atom stereocenters. The first-order valence-corrected chi connectivity index (χ1v) is 5.31. The summed E-state index contributed by atoms with van der Waals surface area (Å²) in [5.74, 6) is 1.38. The van der Waals surface area contributed by atoms with E-state index in [0.29, 0.717) is 5.82 Å². The highest BCUT2D eigenvalue weighted by atomic mass is 15.1. The molecule has 5 heteroatoms. The Labute approximate surface area is 94.4 Å². The third kappa shape index (κ3) is 1.76. The molecule has 5 nitrogen and oxygen atoms in total. The number of hydrogen-bond donors (Lipinski definition) is 1. The van der Waals surface area contributed by atoms with Crippen molar-refractivity contribution in [3.8, 4) is 11.5 Å². The van der Waals surface area contributed by atoms with Gasteiger partial charge in [-0.25, -0.2) is 15.0 Å². The van der Waals surface area contributed by atoms with Crippen molar-refractivity contribution in [1.29, 1.82) is 0 Å². The van der Waals surface area contributed by atoms with Gasteiger partial charge in [0.1, 0.15) is 17.8 Å². The van der Waals surface area contributed by atoms with Gasteiger partial charge in [0.2, 0.25) is 0 Å². The van der Waals surface area contributed by atoms with Crippen LogP contribution < -0.4 is 5.73 Å². The SMILES string of the molecule is CCCc1c(N)ncnc1-c1nccn1C. The van der Waals surface area contributed by atoms with Gasteiger partial charge in [-0.05, 0) is 6.42 Å². The second-order valence-electron chi connectivity index (χ2n) is 3.70. The second-order valence-corrected chi connectivity index (χ2v) is 3.70. The summed E-state index contributed by atoms with van der Waals surface area (Å²) in [6.07, 6.45) is 7.01. The zero-order chi connectivity index (χ0) is 11.5. The molecule has 0 saturated heterocycles. The zero-order valence-corrected chi connectivity index (χ0v) is 9.51. The third-order valence-corrected chi connectivity index (χ3v) is 2.51. The molecule has 0 radical (unpaired) electrons. The van der Waals surface area contributed by atoms with Gasteiger partial charge < -0.3 is 10.3 Å². The first-order valence-electron chi connectivity index (χ1n) is 5.31. The van der Waals surface area contributed by atoms with Crippen molar-refractivity contribution in [3.05, 3.63) is 24.3 Å². The van der Waals surface area contributed by atoms with Crippen LogP contribution in [-0.2, 0) is 13.5 Å². The minimum absolute atomic E-state index is 0.551. The van der Waals surface area contributed by atoms with Crippen LogP contribution in [0.4, 0.5) is 5.82 Å². The molecule has 2 heterocycles. The Morgan fingerprint density at radius 1 is 1.31 bits per heavy atom. The average molecular weight is 217 g/mol. The highest BCUT2D eigenvalue weighted by Gasteiger charge is 2.13. The first kappa shape index (κ1) is 10.6. The fraction of sp³-hybridized carbons (Fsp3) is 0.364. The van der Waals surface area contributed by atoms with Gasteiger partial charge in [-0.15, -0.1) is 0 Å². The summed E-state index contributed by atoms with van der Waals surface area (Å²) in [4.78, 5) is 12.6. The highest BCUT2D eigenvalue weighted by Crippen LogP contribution is 2.23. The molecule has 0 aliphatic rings. The number of nitrogens with two attached hydrogens (primary N) is 1. The summed E-state index contributed by atoms with van der Waals surface area (Å²) >= 11 is 0. The summed E-state index contributed by atoms with van der Waals surface area (Å²) in [6, 6.07) is 0. The van der Waals surface area contributed by atoms with Gasteiger partial charge >= 0.3 is 0 Å². The number of rotatable bonds is 3. The maximum atomic E-state index is 5.88. The molecule has 0 aliphatic carbocycles. The van der Waals surface area contributed by atoms with Crippen LogP contribution in [0.2, 0.25) is 0 Å². The van der Waals surface area contributed by atoms with E-state index in [1.54, 1.807) is 6.20 Å². The molecule has 2 rings (SSSR count). The van der Waals surface area contributed by atoms with Crippen molar-refractivity contribution in [2.24, 2.45) is 7.05 Å². The molecular weight excluding hydrogens is 202 g/mol. The zero-order valence-electron chi connectivity index (χ0n) is 9.51. The Balaban J connectivity index is 2.56. The molecule has 0 aromatic carbocycles. The minimum atomic E-state index is 0.551. The number of anilines is 1. The highest BCUT2D eigenvalue weighted by molar-refractivity contribution is 5.61. The Morgan fingerprint density at radius 2 is 2.12 bits per heavy atom. The number of nitrogens with zero attached hydrogens (tertiary/aromatic N) is 4. The van der Waals surface area contributed by atoms with E-state index >= 15 is 0 Å². The normalized spacial score (nSPS) is 10.6. The van der Waals surface area contributed by atoms with E-state index in [2.05, 4.69) is 21.9 Å². The molecule has 0 spiro atoms. The number of aromatic nitrogens is 4. The summed E-state index contributed by atoms with van der Waals surface area (Å²) < 4.78 is 1.93. The largest absolute Gasteiger partial charge is 0.383 e. The molecule has 0 fully saturated rings. The number of nitrogen functional groups attached to an aromatic ring is 1. The molecule has 0 amide bonds. The Bertz CT molecular complexity index is 489. The van der Waals surface area contributed by atoms with E-state index in [9.17, 15) is 0 Å². The van der Waals surface area contributed by atoms with Gasteiger partial charge in [-0.1, -0.05) is 13.3 Å². The van der Waals surface area contributed by atoms with Gasteiger partial charge in [0.05, 0.1) is 0 Å².